The number of amides is 2. The van der Waals surface area contributed by atoms with Crippen LogP contribution in [0.15, 0.2) is 41.8 Å². The molecular formula is C17H17N3O2S. The average molecular weight is 327 g/mol. The van der Waals surface area contributed by atoms with Crippen molar-refractivity contribution in [2.75, 3.05) is 13.6 Å². The van der Waals surface area contributed by atoms with Crippen molar-refractivity contribution in [2.24, 2.45) is 0 Å². The Morgan fingerprint density at radius 1 is 1.26 bits per heavy atom. The fourth-order valence-electron chi connectivity index (χ4n) is 2.02. The summed E-state index contributed by atoms with van der Waals surface area (Å²) < 4.78 is 0. The number of nitrogens with zero attached hydrogens (tertiary/aromatic N) is 2. The Labute approximate surface area is 139 Å². The summed E-state index contributed by atoms with van der Waals surface area (Å²) in [5.74, 6) is -0.191. The molecule has 6 heteroatoms. The molecule has 0 saturated heterocycles. The van der Waals surface area contributed by atoms with Gasteiger partial charge in [0.1, 0.15) is 0 Å². The number of thiophene rings is 1. The molecule has 0 unspecified atom stereocenters. The molecule has 1 heterocycles. The molecule has 0 radical (unpaired) electrons. The second kappa shape index (κ2) is 8.11. The van der Waals surface area contributed by atoms with Gasteiger partial charge in [-0.1, -0.05) is 18.2 Å². The molecule has 0 spiro atoms. The van der Waals surface area contributed by atoms with Crippen molar-refractivity contribution < 1.29 is 9.59 Å². The van der Waals surface area contributed by atoms with Gasteiger partial charge < -0.3 is 10.2 Å². The lowest BCUT2D eigenvalue weighted by Gasteiger charge is -2.17. The van der Waals surface area contributed by atoms with Crippen LogP contribution in [0.25, 0.3) is 0 Å². The number of carbonyl (C=O) groups excluding carboxylic acids is 2. The standard InChI is InChI=1S/C17H17N3O2S/c1-20(12-14-6-4-13(11-18)5-7-14)16(21)8-9-19-17(22)15-3-2-10-23-15/h2-7,10H,8-9,12H2,1H3,(H,19,22). The van der Waals surface area contributed by atoms with E-state index in [0.717, 1.165) is 5.56 Å². The minimum absolute atomic E-state index is 0.0409. The topological polar surface area (TPSA) is 73.2 Å². The summed E-state index contributed by atoms with van der Waals surface area (Å²) in [7, 11) is 1.72. The van der Waals surface area contributed by atoms with E-state index in [4.69, 9.17) is 5.26 Å². The van der Waals surface area contributed by atoms with Crippen LogP contribution in [0.5, 0.6) is 0 Å². The molecule has 23 heavy (non-hydrogen) atoms. The summed E-state index contributed by atoms with van der Waals surface area (Å²) in [5.41, 5.74) is 1.56. The quantitative estimate of drug-likeness (QED) is 0.885. The van der Waals surface area contributed by atoms with Gasteiger partial charge in [0, 0.05) is 26.6 Å². The first-order valence-electron chi connectivity index (χ1n) is 7.15. The van der Waals surface area contributed by atoms with Crippen molar-refractivity contribution in [2.45, 2.75) is 13.0 Å². The molecule has 5 nitrogen and oxygen atoms in total. The van der Waals surface area contributed by atoms with E-state index in [1.807, 2.05) is 23.6 Å². The lowest BCUT2D eigenvalue weighted by Crippen LogP contribution is -2.31. The molecule has 1 aromatic carbocycles. The predicted molar refractivity (Wildman–Crippen MR) is 88.9 cm³/mol. The molecule has 0 fully saturated rings. The van der Waals surface area contributed by atoms with E-state index in [-0.39, 0.29) is 18.2 Å². The maximum atomic E-state index is 12.1. The Kier molecular flexibility index (Phi) is 5.89. The minimum Gasteiger partial charge on any atom is -0.351 e. The summed E-state index contributed by atoms with van der Waals surface area (Å²) >= 11 is 1.37. The number of hydrogen-bond acceptors (Lipinski definition) is 4. The van der Waals surface area contributed by atoms with Gasteiger partial charge in [-0.25, -0.2) is 0 Å². The van der Waals surface area contributed by atoms with Gasteiger partial charge in [0.05, 0.1) is 16.5 Å². The number of benzene rings is 1. The molecule has 118 valence electrons. The van der Waals surface area contributed by atoms with Gasteiger partial charge in [-0.05, 0) is 29.1 Å². The molecule has 0 atom stereocenters. The van der Waals surface area contributed by atoms with Crippen LogP contribution in [0.1, 0.15) is 27.2 Å². The van der Waals surface area contributed by atoms with Crippen LogP contribution in [0.4, 0.5) is 0 Å². The zero-order valence-corrected chi connectivity index (χ0v) is 13.6. The van der Waals surface area contributed by atoms with Gasteiger partial charge in [0.2, 0.25) is 5.91 Å². The lowest BCUT2D eigenvalue weighted by molar-refractivity contribution is -0.130. The first kappa shape index (κ1) is 16.7. The monoisotopic (exact) mass is 327 g/mol. The highest BCUT2D eigenvalue weighted by molar-refractivity contribution is 7.12. The normalized spacial score (nSPS) is 9.91. The fourth-order valence-corrected chi connectivity index (χ4v) is 2.66. The van der Waals surface area contributed by atoms with Crippen LogP contribution in [-0.2, 0) is 11.3 Å². The molecule has 0 aliphatic rings. The molecule has 0 bridgehead atoms. The second-order valence-electron chi connectivity index (χ2n) is 5.04. The molecule has 2 rings (SSSR count). The maximum Gasteiger partial charge on any atom is 0.261 e. The summed E-state index contributed by atoms with van der Waals surface area (Å²) in [6.45, 7) is 0.788. The third-order valence-electron chi connectivity index (χ3n) is 3.30. The van der Waals surface area contributed by atoms with Gasteiger partial charge in [-0.15, -0.1) is 11.3 Å². The van der Waals surface area contributed by atoms with Gasteiger partial charge >= 0.3 is 0 Å². The Balaban J connectivity index is 1.76. The van der Waals surface area contributed by atoms with Crippen LogP contribution >= 0.6 is 11.3 Å². The zero-order valence-electron chi connectivity index (χ0n) is 12.8. The van der Waals surface area contributed by atoms with E-state index in [2.05, 4.69) is 11.4 Å². The molecular weight excluding hydrogens is 310 g/mol. The third-order valence-corrected chi connectivity index (χ3v) is 4.17. The fraction of sp³-hybridized carbons (Fsp3) is 0.235. The highest BCUT2D eigenvalue weighted by Crippen LogP contribution is 2.08. The summed E-state index contributed by atoms with van der Waals surface area (Å²) in [6.07, 6.45) is 0.254. The van der Waals surface area contributed by atoms with E-state index in [1.165, 1.54) is 11.3 Å². The SMILES string of the molecule is CN(Cc1ccc(C#N)cc1)C(=O)CCNC(=O)c1cccs1. The largest absolute Gasteiger partial charge is 0.351 e. The highest BCUT2D eigenvalue weighted by atomic mass is 32.1. The Hall–Kier alpha value is -2.65. The van der Waals surface area contributed by atoms with Crippen molar-refractivity contribution in [3.8, 4) is 6.07 Å². The predicted octanol–water partition coefficient (Wildman–Crippen LogP) is 2.40. The molecule has 1 aromatic heterocycles. The number of nitrogens with one attached hydrogen (secondary N) is 1. The van der Waals surface area contributed by atoms with Gasteiger partial charge in [0.25, 0.3) is 5.91 Å². The first-order valence-corrected chi connectivity index (χ1v) is 8.03. The maximum absolute atomic E-state index is 12.1. The summed E-state index contributed by atoms with van der Waals surface area (Å²) in [5, 5.41) is 13.3. The van der Waals surface area contributed by atoms with Crippen molar-refractivity contribution in [3.63, 3.8) is 0 Å². The molecule has 0 aliphatic heterocycles. The van der Waals surface area contributed by atoms with Crippen LogP contribution in [0.3, 0.4) is 0 Å². The van der Waals surface area contributed by atoms with Crippen molar-refractivity contribution in [1.82, 2.24) is 10.2 Å². The van der Waals surface area contributed by atoms with E-state index >= 15 is 0 Å². The van der Waals surface area contributed by atoms with E-state index in [1.54, 1.807) is 30.1 Å². The van der Waals surface area contributed by atoms with Gasteiger partial charge in [0.15, 0.2) is 0 Å². The van der Waals surface area contributed by atoms with Crippen molar-refractivity contribution >= 4 is 23.2 Å². The lowest BCUT2D eigenvalue weighted by atomic mass is 10.1. The molecule has 2 amide bonds. The molecule has 1 N–H and O–H groups in total. The molecule has 0 saturated carbocycles. The average Bonchev–Trinajstić information content (AvgIpc) is 3.10. The van der Waals surface area contributed by atoms with Gasteiger partial charge in [-0.2, -0.15) is 5.26 Å². The van der Waals surface area contributed by atoms with Crippen molar-refractivity contribution in [1.29, 1.82) is 5.26 Å². The Morgan fingerprint density at radius 2 is 2.00 bits per heavy atom. The molecule has 2 aromatic rings. The van der Waals surface area contributed by atoms with Gasteiger partial charge in [-0.3, -0.25) is 9.59 Å². The van der Waals surface area contributed by atoms with Crippen molar-refractivity contribution in [3.05, 3.63) is 57.8 Å². The van der Waals surface area contributed by atoms with Crippen LogP contribution < -0.4 is 5.32 Å². The van der Waals surface area contributed by atoms with Crippen LogP contribution in [0.2, 0.25) is 0 Å². The first-order chi connectivity index (χ1) is 11.1. The number of rotatable bonds is 6. The number of nitriles is 1. The van der Waals surface area contributed by atoms with Crippen LogP contribution in [0, 0.1) is 11.3 Å². The highest BCUT2D eigenvalue weighted by Gasteiger charge is 2.11. The molecule has 0 aliphatic carbocycles. The Morgan fingerprint density at radius 3 is 2.61 bits per heavy atom. The smallest absolute Gasteiger partial charge is 0.261 e. The third kappa shape index (κ3) is 4.94. The number of carbonyl (C=O) groups is 2. The van der Waals surface area contributed by atoms with E-state index in [0.29, 0.717) is 23.5 Å². The van der Waals surface area contributed by atoms with E-state index in [9.17, 15) is 9.59 Å². The Bertz CT molecular complexity index is 702. The second-order valence-corrected chi connectivity index (χ2v) is 5.99. The summed E-state index contributed by atoms with van der Waals surface area (Å²) in [4.78, 5) is 26.1. The number of hydrogen-bond donors (Lipinski definition) is 1. The van der Waals surface area contributed by atoms with Crippen LogP contribution in [-0.4, -0.2) is 30.3 Å². The zero-order chi connectivity index (χ0) is 16.7. The van der Waals surface area contributed by atoms with E-state index < -0.39 is 0 Å². The minimum atomic E-state index is -0.150. The summed E-state index contributed by atoms with van der Waals surface area (Å²) in [6, 6.07) is 12.8.